The summed E-state index contributed by atoms with van der Waals surface area (Å²) in [5.74, 6) is 0. The molecule has 1 heteroatoms. The summed E-state index contributed by atoms with van der Waals surface area (Å²) in [7, 11) is 0. The van der Waals surface area contributed by atoms with Gasteiger partial charge in [0.15, 0.2) is 0 Å². The highest BCUT2D eigenvalue weighted by molar-refractivity contribution is 4.68. The number of rotatable bonds is 0. The molecule has 0 aromatic rings. The van der Waals surface area contributed by atoms with Crippen molar-refractivity contribution in [3.8, 4) is 6.57 Å². The molecule has 0 aliphatic carbocycles. The van der Waals surface area contributed by atoms with Gasteiger partial charge in [0.25, 0.3) is 0 Å². The Labute approximate surface area is 38.9 Å². The average molecular weight is 83.1 g/mol. The van der Waals surface area contributed by atoms with Crippen LogP contribution in [0.25, 0.3) is 0 Å². The Hall–Kier alpha value is -0.770. The molecule has 34 valence electrons. The maximum absolute atomic E-state index is 6.50. The lowest BCUT2D eigenvalue weighted by Gasteiger charge is -1.49. The van der Waals surface area contributed by atoms with Crippen molar-refractivity contribution in [2.45, 2.75) is 13.8 Å². The Morgan fingerprint density at radius 3 is 1.33 bits per heavy atom. The first-order valence-electron chi connectivity index (χ1n) is 1.75. The van der Waals surface area contributed by atoms with Gasteiger partial charge < -0.3 is 0 Å². The lowest BCUT2D eigenvalue weighted by atomic mass is 10.6. The van der Waals surface area contributed by atoms with Crippen LogP contribution in [0.15, 0.2) is 12.2 Å². The van der Waals surface area contributed by atoms with Crippen molar-refractivity contribution < 1.29 is 0 Å². The minimum atomic E-state index is 2.00. The largest absolute Gasteiger partial charge is 0.202 e. The SMILES string of the molecule is C#N.CC=CC. The van der Waals surface area contributed by atoms with E-state index in [9.17, 15) is 0 Å². The van der Waals surface area contributed by atoms with Crippen LogP contribution >= 0.6 is 0 Å². The molecule has 0 saturated heterocycles. The fourth-order valence-corrected chi connectivity index (χ4v) is 0. The fourth-order valence-electron chi connectivity index (χ4n) is 0. The number of nitriles is 1. The molecule has 0 N–H and O–H groups in total. The quantitative estimate of drug-likeness (QED) is 0.409. The summed E-state index contributed by atoms with van der Waals surface area (Å²) in [6.45, 7) is 7.50. The van der Waals surface area contributed by atoms with Gasteiger partial charge in [0.1, 0.15) is 0 Å². The van der Waals surface area contributed by atoms with Crippen molar-refractivity contribution in [1.82, 2.24) is 0 Å². The Morgan fingerprint density at radius 1 is 1.17 bits per heavy atom. The molecule has 6 heavy (non-hydrogen) atoms. The van der Waals surface area contributed by atoms with E-state index in [0.717, 1.165) is 0 Å². The van der Waals surface area contributed by atoms with Crippen LogP contribution in [0.2, 0.25) is 0 Å². The van der Waals surface area contributed by atoms with E-state index >= 15 is 0 Å². The van der Waals surface area contributed by atoms with E-state index < -0.39 is 0 Å². The van der Waals surface area contributed by atoms with Crippen LogP contribution in [0.1, 0.15) is 13.8 Å². The smallest absolute Gasteiger partial charge is 0.0462 e. The van der Waals surface area contributed by atoms with Gasteiger partial charge in [0, 0.05) is 6.57 Å². The van der Waals surface area contributed by atoms with Gasteiger partial charge in [0.05, 0.1) is 0 Å². The van der Waals surface area contributed by atoms with Crippen LogP contribution in [0.4, 0.5) is 0 Å². The predicted octanol–water partition coefficient (Wildman–Crippen LogP) is 1.72. The highest BCUT2D eigenvalue weighted by atomic mass is 14.2. The third-order valence-electron chi connectivity index (χ3n) is 0.333. The van der Waals surface area contributed by atoms with Gasteiger partial charge in [-0.3, -0.25) is 0 Å². The summed E-state index contributed by atoms with van der Waals surface area (Å²) < 4.78 is 0. The third-order valence-corrected chi connectivity index (χ3v) is 0.333. The van der Waals surface area contributed by atoms with Crippen molar-refractivity contribution in [2.75, 3.05) is 0 Å². The zero-order valence-corrected chi connectivity index (χ0v) is 4.18. The molecule has 0 atom stereocenters. The molecule has 1 nitrogen and oxygen atoms in total. The van der Waals surface area contributed by atoms with E-state index in [1.807, 2.05) is 26.0 Å². The van der Waals surface area contributed by atoms with E-state index in [1.54, 1.807) is 0 Å². The second-order valence-electron chi connectivity index (χ2n) is 0.667. The number of nitrogens with zero attached hydrogens (tertiary/aromatic N) is 1. The maximum atomic E-state index is 6.50. The monoisotopic (exact) mass is 83.1 g/mol. The average Bonchev–Trinajstić information content (AvgIpc) is 1.72. The molecule has 0 aromatic carbocycles. The highest BCUT2D eigenvalue weighted by Gasteiger charge is 1.34. The first kappa shape index (κ1) is 8.97. The Bertz CT molecular complexity index is 39.1. The highest BCUT2D eigenvalue weighted by Crippen LogP contribution is 1.57. The molecule has 0 fully saturated rings. The molecular formula is C5H9N. The van der Waals surface area contributed by atoms with E-state index in [0.29, 0.717) is 0 Å². The molecule has 0 spiro atoms. The zero-order valence-electron chi connectivity index (χ0n) is 4.18. The summed E-state index contributed by atoms with van der Waals surface area (Å²) in [5, 5.41) is 6.50. The van der Waals surface area contributed by atoms with Crippen LogP contribution in [0.5, 0.6) is 0 Å². The molecule has 0 aromatic heterocycles. The Morgan fingerprint density at radius 2 is 1.33 bits per heavy atom. The molecule has 0 heterocycles. The fraction of sp³-hybridized carbons (Fsp3) is 0.400. The molecule has 0 saturated carbocycles. The van der Waals surface area contributed by atoms with Crippen molar-refractivity contribution in [3.63, 3.8) is 0 Å². The molecule has 0 amide bonds. The molecular weight excluding hydrogens is 74.1 g/mol. The van der Waals surface area contributed by atoms with Gasteiger partial charge in [-0.15, -0.1) is 0 Å². The minimum absolute atomic E-state index is 2.00. The summed E-state index contributed by atoms with van der Waals surface area (Å²) in [6, 6.07) is 0. The second kappa shape index (κ2) is 29.2. The first-order chi connectivity index (χ1) is 2.91. The van der Waals surface area contributed by atoms with E-state index in [-0.39, 0.29) is 0 Å². The normalized spacial score (nSPS) is 6.67. The van der Waals surface area contributed by atoms with Gasteiger partial charge >= 0.3 is 0 Å². The molecule has 0 bridgehead atoms. The van der Waals surface area contributed by atoms with Crippen LogP contribution in [0.3, 0.4) is 0 Å². The van der Waals surface area contributed by atoms with Crippen molar-refractivity contribution >= 4 is 0 Å². The van der Waals surface area contributed by atoms with Crippen molar-refractivity contribution in [2.24, 2.45) is 0 Å². The molecule has 0 rings (SSSR count). The summed E-state index contributed by atoms with van der Waals surface area (Å²) in [6.07, 6.45) is 4.00. The second-order valence-corrected chi connectivity index (χ2v) is 0.667. The summed E-state index contributed by atoms with van der Waals surface area (Å²) in [5.41, 5.74) is 0. The van der Waals surface area contributed by atoms with Crippen molar-refractivity contribution in [1.29, 1.82) is 5.26 Å². The Kier molecular flexibility index (Phi) is 43.6. The summed E-state index contributed by atoms with van der Waals surface area (Å²) >= 11 is 0. The van der Waals surface area contributed by atoms with Gasteiger partial charge in [-0.05, 0) is 13.8 Å². The first-order valence-corrected chi connectivity index (χ1v) is 1.75. The molecule has 0 aliphatic heterocycles. The van der Waals surface area contributed by atoms with Crippen LogP contribution in [-0.4, -0.2) is 0 Å². The standard InChI is InChI=1S/C4H8.CHN/c1-3-4-2;1-2/h3-4H,1-2H3;1H. The molecule has 0 aliphatic rings. The van der Waals surface area contributed by atoms with Crippen LogP contribution in [-0.2, 0) is 0 Å². The predicted molar refractivity (Wildman–Crippen MR) is 27.2 cm³/mol. The van der Waals surface area contributed by atoms with E-state index in [1.165, 1.54) is 0 Å². The van der Waals surface area contributed by atoms with Gasteiger partial charge in [-0.25, -0.2) is 5.26 Å². The third kappa shape index (κ3) is 304. The maximum Gasteiger partial charge on any atom is 0.0462 e. The van der Waals surface area contributed by atoms with Crippen LogP contribution < -0.4 is 0 Å². The minimum Gasteiger partial charge on any atom is -0.202 e. The Balaban J connectivity index is 0. The lowest BCUT2D eigenvalue weighted by Crippen LogP contribution is -1.26. The summed E-state index contributed by atoms with van der Waals surface area (Å²) in [4.78, 5) is 0. The van der Waals surface area contributed by atoms with E-state index in [2.05, 4.69) is 6.57 Å². The number of hydrogen-bond donors (Lipinski definition) is 0. The van der Waals surface area contributed by atoms with Gasteiger partial charge in [-0.1, -0.05) is 12.2 Å². The van der Waals surface area contributed by atoms with Gasteiger partial charge in [-0.2, -0.15) is 0 Å². The van der Waals surface area contributed by atoms with E-state index in [4.69, 9.17) is 5.26 Å². The van der Waals surface area contributed by atoms with Crippen molar-refractivity contribution in [3.05, 3.63) is 12.2 Å². The molecule has 0 unspecified atom stereocenters. The number of allylic oxidation sites excluding steroid dienone is 2. The zero-order chi connectivity index (χ0) is 5.41. The number of hydrogen-bond acceptors (Lipinski definition) is 1. The molecule has 0 radical (unpaired) electrons. The lowest BCUT2D eigenvalue weighted by molar-refractivity contribution is 1.58. The van der Waals surface area contributed by atoms with Crippen LogP contribution in [0, 0.1) is 11.8 Å². The topological polar surface area (TPSA) is 23.8 Å². The van der Waals surface area contributed by atoms with Gasteiger partial charge in [0.2, 0.25) is 0 Å².